The minimum Gasteiger partial charge on any atom is -0.508 e. The smallest absolute Gasteiger partial charge is 0.366 e. The number of ether oxygens (including phenoxy) is 1. The van der Waals surface area contributed by atoms with Gasteiger partial charge in [0.2, 0.25) is 0 Å². The Morgan fingerprint density at radius 2 is 1.53 bits per heavy atom. The normalized spacial score (nSPS) is 12.7. The van der Waals surface area contributed by atoms with Crippen molar-refractivity contribution in [1.82, 2.24) is 4.57 Å². The summed E-state index contributed by atoms with van der Waals surface area (Å²) in [5.41, 5.74) is 0.931. The Morgan fingerprint density at radius 1 is 0.938 bits per heavy atom. The molecular weight excluding hydrogens is 460 g/mol. The number of phenolic OH excluding ortho intramolecular Hbond substituents is 2. The molecule has 3 aromatic rings. The minimum absolute atomic E-state index is 0.107. The van der Waals surface area contributed by atoms with E-state index in [2.05, 4.69) is 0 Å². The molecular formula is C20H25NO9P2. The molecule has 0 bridgehead atoms. The second-order valence-corrected chi connectivity index (χ2v) is 11.0. The van der Waals surface area contributed by atoms with E-state index in [1.165, 1.54) is 0 Å². The molecule has 0 atom stereocenters. The van der Waals surface area contributed by atoms with Crippen LogP contribution in [0.5, 0.6) is 11.5 Å². The minimum atomic E-state index is -5.16. The highest BCUT2D eigenvalue weighted by Crippen LogP contribution is 2.60. The Labute approximate surface area is 184 Å². The van der Waals surface area contributed by atoms with E-state index in [4.69, 9.17) is 4.74 Å². The van der Waals surface area contributed by atoms with Gasteiger partial charge in [0.25, 0.3) is 5.59 Å². The van der Waals surface area contributed by atoms with Crippen LogP contribution in [0.1, 0.15) is 18.9 Å². The van der Waals surface area contributed by atoms with Gasteiger partial charge in [0.05, 0.1) is 12.3 Å². The molecule has 10 nitrogen and oxygen atoms in total. The van der Waals surface area contributed by atoms with Gasteiger partial charge in [0, 0.05) is 17.4 Å². The predicted octanol–water partition coefficient (Wildman–Crippen LogP) is 3.33. The number of aromatic hydroxyl groups is 2. The zero-order valence-corrected chi connectivity index (χ0v) is 19.0. The van der Waals surface area contributed by atoms with E-state index in [0.29, 0.717) is 13.0 Å². The molecule has 0 unspecified atom stereocenters. The first-order valence-electron chi connectivity index (χ1n) is 9.79. The van der Waals surface area contributed by atoms with E-state index in [-0.39, 0.29) is 24.5 Å². The third kappa shape index (κ3) is 5.24. The Morgan fingerprint density at radius 3 is 2.09 bits per heavy atom. The van der Waals surface area contributed by atoms with Crippen LogP contribution in [0.25, 0.3) is 22.2 Å². The van der Waals surface area contributed by atoms with Gasteiger partial charge in [-0.05, 0) is 66.4 Å². The summed E-state index contributed by atoms with van der Waals surface area (Å²) in [4.78, 5) is 36.8. The summed E-state index contributed by atoms with van der Waals surface area (Å²) < 4.78 is 29.6. The van der Waals surface area contributed by atoms with Gasteiger partial charge in [-0.2, -0.15) is 0 Å². The van der Waals surface area contributed by atoms with E-state index < -0.39 is 20.8 Å². The molecule has 6 N–H and O–H groups in total. The molecule has 0 aliphatic carbocycles. The average molecular weight is 485 g/mol. The number of phenols is 2. The number of nitrogens with zero attached hydrogens (tertiary/aromatic N) is 1. The van der Waals surface area contributed by atoms with Crippen molar-refractivity contribution in [3.8, 4) is 22.8 Å². The summed E-state index contributed by atoms with van der Waals surface area (Å²) in [5.74, 6) is 0.220. The van der Waals surface area contributed by atoms with Crippen molar-refractivity contribution in [2.75, 3.05) is 6.61 Å². The maximum absolute atomic E-state index is 11.4. The van der Waals surface area contributed by atoms with Crippen LogP contribution in [0.4, 0.5) is 0 Å². The van der Waals surface area contributed by atoms with Gasteiger partial charge in [-0.25, -0.2) is 0 Å². The highest BCUT2D eigenvalue weighted by molar-refractivity contribution is 7.70. The number of hydrogen-bond acceptors (Lipinski definition) is 5. The predicted molar refractivity (Wildman–Crippen MR) is 119 cm³/mol. The van der Waals surface area contributed by atoms with Crippen molar-refractivity contribution in [3.63, 3.8) is 0 Å². The van der Waals surface area contributed by atoms with Crippen LogP contribution in [0.15, 0.2) is 42.5 Å². The largest absolute Gasteiger partial charge is 0.508 e. The number of benzene rings is 2. The van der Waals surface area contributed by atoms with Gasteiger partial charge < -0.3 is 39.1 Å². The average Bonchev–Trinajstić information content (AvgIpc) is 2.99. The summed E-state index contributed by atoms with van der Waals surface area (Å²) >= 11 is 0. The third-order valence-electron chi connectivity index (χ3n) is 5.01. The van der Waals surface area contributed by atoms with Crippen LogP contribution >= 0.6 is 15.2 Å². The van der Waals surface area contributed by atoms with E-state index in [0.717, 1.165) is 27.7 Å². The standard InChI is InChI=1S/C20H25NO9P2/c1-2-16-17-12-15(23)8-9-18(17)21(19(16)13-4-6-14(22)7-5-13)10-3-11-30-20(31(24,25)26)32(27,28)29/h4-9,12,20,22-23H,2-3,10-11H2,1H3,(H2,24,25,26)(H2,27,28,29). The van der Waals surface area contributed by atoms with Gasteiger partial charge in [-0.15, -0.1) is 0 Å². The van der Waals surface area contributed by atoms with E-state index >= 15 is 0 Å². The van der Waals surface area contributed by atoms with Crippen LogP contribution in [0.2, 0.25) is 0 Å². The van der Waals surface area contributed by atoms with Crippen molar-refractivity contribution >= 4 is 26.1 Å². The molecule has 0 aliphatic heterocycles. The van der Waals surface area contributed by atoms with Crippen molar-refractivity contribution in [1.29, 1.82) is 0 Å². The third-order valence-corrected chi connectivity index (χ3v) is 8.27. The quantitative estimate of drug-likeness (QED) is 0.197. The SMILES string of the molecule is CCc1c(-c2ccc(O)cc2)n(CCCOC(P(=O)(O)O)P(=O)(O)O)c2ccc(O)cc12. The first kappa shape index (κ1) is 24.5. The summed E-state index contributed by atoms with van der Waals surface area (Å²) in [6.45, 7) is 1.99. The summed E-state index contributed by atoms with van der Waals surface area (Å²) in [5, 5.41) is 20.5. The number of hydrogen-bond donors (Lipinski definition) is 6. The van der Waals surface area contributed by atoms with Gasteiger partial charge in [-0.3, -0.25) is 9.13 Å². The summed E-state index contributed by atoms with van der Waals surface area (Å²) in [6.07, 6.45) is 0.855. The lowest BCUT2D eigenvalue weighted by Gasteiger charge is -2.20. The van der Waals surface area contributed by atoms with Gasteiger partial charge in [-0.1, -0.05) is 6.92 Å². The molecule has 1 heterocycles. The Balaban J connectivity index is 1.95. The van der Waals surface area contributed by atoms with Crippen LogP contribution in [0.3, 0.4) is 0 Å². The fraction of sp³-hybridized carbons (Fsp3) is 0.300. The topological polar surface area (TPSA) is 170 Å². The van der Waals surface area contributed by atoms with Gasteiger partial charge in [0.15, 0.2) is 0 Å². The Bertz CT molecular complexity index is 1170. The van der Waals surface area contributed by atoms with Gasteiger partial charge >= 0.3 is 15.2 Å². The monoisotopic (exact) mass is 485 g/mol. The van der Waals surface area contributed by atoms with Crippen LogP contribution in [-0.2, 0) is 26.8 Å². The Hall–Kier alpha value is -2.16. The highest BCUT2D eigenvalue weighted by Gasteiger charge is 2.44. The molecule has 0 fully saturated rings. The summed E-state index contributed by atoms with van der Waals surface area (Å²) in [7, 11) is -10.3. The van der Waals surface area contributed by atoms with Crippen LogP contribution in [0, 0.1) is 0 Å². The molecule has 0 amide bonds. The molecule has 3 rings (SSSR count). The lowest BCUT2D eigenvalue weighted by molar-refractivity contribution is 0.108. The number of fused-ring (bicyclic) bond motifs is 1. The van der Waals surface area contributed by atoms with Gasteiger partial charge in [0.1, 0.15) is 11.5 Å². The zero-order valence-electron chi connectivity index (χ0n) is 17.2. The fourth-order valence-corrected chi connectivity index (χ4v) is 5.92. The molecule has 2 aromatic carbocycles. The molecule has 0 saturated carbocycles. The highest BCUT2D eigenvalue weighted by atomic mass is 31.2. The lowest BCUT2D eigenvalue weighted by Crippen LogP contribution is -2.15. The first-order valence-corrected chi connectivity index (χ1v) is 13.1. The molecule has 0 aliphatic rings. The number of rotatable bonds is 9. The van der Waals surface area contributed by atoms with Crippen LogP contribution < -0.4 is 0 Å². The van der Waals surface area contributed by atoms with Crippen molar-refractivity contribution in [3.05, 3.63) is 48.0 Å². The number of aromatic nitrogens is 1. The zero-order chi connectivity index (χ0) is 23.7. The van der Waals surface area contributed by atoms with E-state index in [1.807, 2.05) is 11.5 Å². The van der Waals surface area contributed by atoms with Crippen LogP contribution in [-0.4, -0.2) is 46.5 Å². The molecule has 174 valence electrons. The second kappa shape index (κ2) is 9.37. The Kier molecular flexibility index (Phi) is 7.17. The maximum Gasteiger partial charge on any atom is 0.366 e. The molecule has 32 heavy (non-hydrogen) atoms. The van der Waals surface area contributed by atoms with Crippen molar-refractivity contribution in [2.24, 2.45) is 0 Å². The lowest BCUT2D eigenvalue weighted by atomic mass is 10.0. The number of aryl methyl sites for hydroxylation is 2. The molecule has 12 heteroatoms. The first-order chi connectivity index (χ1) is 14.9. The van der Waals surface area contributed by atoms with Crippen molar-refractivity contribution < 1.29 is 43.7 Å². The second-order valence-electron chi connectivity index (χ2n) is 7.31. The molecule has 0 spiro atoms. The van der Waals surface area contributed by atoms with Crippen molar-refractivity contribution in [2.45, 2.75) is 31.9 Å². The fourth-order valence-electron chi connectivity index (χ4n) is 3.75. The molecule has 1 aromatic heterocycles. The maximum atomic E-state index is 11.4. The van der Waals surface area contributed by atoms with E-state index in [9.17, 15) is 38.9 Å². The molecule has 0 saturated heterocycles. The summed E-state index contributed by atoms with van der Waals surface area (Å²) in [6, 6.07) is 11.6. The molecule has 0 radical (unpaired) electrons. The van der Waals surface area contributed by atoms with E-state index in [1.54, 1.807) is 42.5 Å².